The third-order valence-corrected chi connectivity index (χ3v) is 8.47. The fraction of sp³-hybridized carbons (Fsp3) is 0.217. The molecule has 3 aromatic rings. The molecule has 3 rings (SSSR count). The van der Waals surface area contributed by atoms with Crippen molar-refractivity contribution < 1.29 is 21.6 Å². The molecule has 0 aliphatic carbocycles. The third-order valence-electron chi connectivity index (χ3n) is 4.55. The van der Waals surface area contributed by atoms with E-state index in [4.69, 9.17) is 4.74 Å². The number of ether oxygens (including phenoxy) is 1. The van der Waals surface area contributed by atoms with Crippen LogP contribution in [0.2, 0.25) is 0 Å². The van der Waals surface area contributed by atoms with Crippen LogP contribution in [-0.4, -0.2) is 22.9 Å². The van der Waals surface area contributed by atoms with Gasteiger partial charge in [0.2, 0.25) is 19.7 Å². The van der Waals surface area contributed by atoms with E-state index in [9.17, 15) is 16.8 Å². The van der Waals surface area contributed by atoms with Crippen molar-refractivity contribution in [2.75, 3.05) is 0 Å². The summed E-state index contributed by atoms with van der Waals surface area (Å²) in [5.74, 6) is 0.0166. The van der Waals surface area contributed by atoms with Gasteiger partial charge in [-0.2, -0.15) is 0 Å². The first-order chi connectivity index (χ1) is 14.0. The van der Waals surface area contributed by atoms with E-state index in [0.29, 0.717) is 5.56 Å². The molecule has 0 aromatic heterocycles. The molecule has 0 saturated heterocycles. The van der Waals surface area contributed by atoms with Crippen molar-refractivity contribution in [3.8, 4) is 5.75 Å². The molecule has 0 N–H and O–H groups in total. The van der Waals surface area contributed by atoms with Crippen LogP contribution >= 0.6 is 0 Å². The van der Waals surface area contributed by atoms with Gasteiger partial charge < -0.3 is 4.74 Å². The predicted molar refractivity (Wildman–Crippen MR) is 115 cm³/mol. The number of rotatable bonds is 6. The first kappa shape index (κ1) is 22.1. The van der Waals surface area contributed by atoms with Gasteiger partial charge in [0.1, 0.15) is 10.6 Å². The van der Waals surface area contributed by atoms with Gasteiger partial charge >= 0.3 is 0 Å². The Morgan fingerprint density at radius 1 is 0.733 bits per heavy atom. The zero-order valence-electron chi connectivity index (χ0n) is 17.3. The number of hydrogen-bond acceptors (Lipinski definition) is 5. The quantitative estimate of drug-likeness (QED) is 0.548. The predicted octanol–water partition coefficient (Wildman–Crippen LogP) is 4.76. The van der Waals surface area contributed by atoms with Crippen LogP contribution in [0.1, 0.15) is 25.0 Å². The van der Waals surface area contributed by atoms with E-state index >= 15 is 0 Å². The summed E-state index contributed by atoms with van der Waals surface area (Å²) in [4.78, 5) is -0.556. The van der Waals surface area contributed by atoms with Crippen molar-refractivity contribution in [2.24, 2.45) is 0 Å². The molecule has 0 radical (unpaired) electrons. The highest BCUT2D eigenvalue weighted by Gasteiger charge is 2.33. The second-order valence-electron chi connectivity index (χ2n) is 7.34. The summed E-state index contributed by atoms with van der Waals surface area (Å²) in [5, 5.41) is 0. The Kier molecular flexibility index (Phi) is 6.06. The number of aryl methyl sites for hydroxylation is 2. The van der Waals surface area contributed by atoms with Crippen molar-refractivity contribution in [1.29, 1.82) is 0 Å². The van der Waals surface area contributed by atoms with Crippen LogP contribution in [0.25, 0.3) is 0 Å². The molecule has 3 aromatic carbocycles. The molecule has 0 fully saturated rings. The smallest absolute Gasteiger partial charge is 0.211 e. The Bertz CT molecular complexity index is 1280. The molecule has 0 aliphatic rings. The van der Waals surface area contributed by atoms with Gasteiger partial charge in [-0.15, -0.1) is 0 Å². The fourth-order valence-corrected chi connectivity index (χ4v) is 6.95. The van der Waals surface area contributed by atoms with E-state index in [0.717, 1.165) is 5.56 Å². The lowest BCUT2D eigenvalue weighted by Gasteiger charge is -2.19. The molecule has 0 unspecified atom stereocenters. The minimum absolute atomic E-state index is 0.0166. The normalized spacial score (nSPS) is 12.2. The van der Waals surface area contributed by atoms with E-state index in [1.165, 1.54) is 30.3 Å². The lowest BCUT2D eigenvalue weighted by atomic mass is 10.2. The maximum Gasteiger partial charge on any atom is 0.211 e. The lowest BCUT2D eigenvalue weighted by molar-refractivity contribution is 0.234. The Hall–Kier alpha value is -2.64. The third kappa shape index (κ3) is 4.13. The van der Waals surface area contributed by atoms with E-state index < -0.39 is 19.7 Å². The Balaban J connectivity index is 2.39. The van der Waals surface area contributed by atoms with Gasteiger partial charge in [-0.1, -0.05) is 36.4 Å². The van der Waals surface area contributed by atoms with Crippen LogP contribution in [-0.2, 0) is 19.7 Å². The second-order valence-corrected chi connectivity index (χ2v) is 11.1. The second kappa shape index (κ2) is 8.24. The zero-order chi connectivity index (χ0) is 22.1. The molecule has 0 bridgehead atoms. The molecule has 0 spiro atoms. The highest BCUT2D eigenvalue weighted by Crippen LogP contribution is 2.38. The van der Waals surface area contributed by atoms with E-state index in [-0.39, 0.29) is 31.4 Å². The van der Waals surface area contributed by atoms with Crippen LogP contribution < -0.4 is 4.74 Å². The van der Waals surface area contributed by atoms with Gasteiger partial charge in [-0.25, -0.2) is 16.8 Å². The standard InChI is InChI=1S/C23H24O5S2/c1-16(2)28-20-11-8-12-21(29(24,25)19-9-6-5-7-10-19)23(20)30(26,27)22-15-17(3)13-14-18(22)4/h5-16H,1-4H3. The van der Waals surface area contributed by atoms with Crippen LogP contribution in [0.5, 0.6) is 5.75 Å². The molecule has 30 heavy (non-hydrogen) atoms. The molecule has 7 heteroatoms. The molecule has 158 valence electrons. The van der Waals surface area contributed by atoms with Gasteiger partial charge in [0.05, 0.1) is 20.8 Å². The first-order valence-electron chi connectivity index (χ1n) is 9.47. The molecule has 0 amide bonds. The van der Waals surface area contributed by atoms with Crippen molar-refractivity contribution in [3.63, 3.8) is 0 Å². The summed E-state index contributed by atoms with van der Waals surface area (Å²) in [7, 11) is -8.30. The summed E-state index contributed by atoms with van der Waals surface area (Å²) >= 11 is 0. The fourth-order valence-electron chi connectivity index (χ4n) is 3.15. The Labute approximate surface area is 178 Å². The van der Waals surface area contributed by atoms with Gasteiger partial charge in [0, 0.05) is 0 Å². The minimum Gasteiger partial charge on any atom is -0.490 e. The minimum atomic E-state index is -4.19. The number of sulfone groups is 2. The molecule has 0 atom stereocenters. The average Bonchev–Trinajstić information content (AvgIpc) is 2.69. The summed E-state index contributed by atoms with van der Waals surface area (Å²) in [6.07, 6.45) is -0.341. The Morgan fingerprint density at radius 2 is 1.40 bits per heavy atom. The van der Waals surface area contributed by atoms with Crippen LogP contribution in [0.4, 0.5) is 0 Å². The molecular formula is C23H24O5S2. The van der Waals surface area contributed by atoms with Gasteiger partial charge in [0.25, 0.3) is 0 Å². The largest absolute Gasteiger partial charge is 0.490 e. The number of benzene rings is 3. The van der Waals surface area contributed by atoms with Crippen molar-refractivity contribution in [1.82, 2.24) is 0 Å². The highest BCUT2D eigenvalue weighted by molar-refractivity contribution is 7.94. The van der Waals surface area contributed by atoms with E-state index in [1.54, 1.807) is 58.0 Å². The van der Waals surface area contributed by atoms with Crippen LogP contribution in [0.3, 0.4) is 0 Å². The molecule has 0 saturated carbocycles. The monoisotopic (exact) mass is 444 g/mol. The maximum atomic E-state index is 13.8. The lowest BCUT2D eigenvalue weighted by Crippen LogP contribution is -2.16. The summed E-state index contributed by atoms with van der Waals surface area (Å²) in [6.45, 7) is 6.99. The van der Waals surface area contributed by atoms with E-state index in [2.05, 4.69) is 0 Å². The van der Waals surface area contributed by atoms with Crippen LogP contribution in [0, 0.1) is 13.8 Å². The zero-order valence-corrected chi connectivity index (χ0v) is 18.9. The summed E-state index contributed by atoms with van der Waals surface area (Å²) in [6, 6.07) is 17.2. The van der Waals surface area contributed by atoms with Crippen LogP contribution in [0.15, 0.2) is 86.3 Å². The summed E-state index contributed by atoms with van der Waals surface area (Å²) < 4.78 is 60.1. The molecule has 5 nitrogen and oxygen atoms in total. The molecule has 0 heterocycles. The van der Waals surface area contributed by atoms with E-state index in [1.807, 2.05) is 6.07 Å². The van der Waals surface area contributed by atoms with Crippen molar-refractivity contribution in [3.05, 3.63) is 77.9 Å². The molecular weight excluding hydrogens is 420 g/mol. The first-order valence-corrected chi connectivity index (χ1v) is 12.4. The maximum absolute atomic E-state index is 13.8. The van der Waals surface area contributed by atoms with Gasteiger partial charge in [-0.05, 0) is 69.2 Å². The topological polar surface area (TPSA) is 77.5 Å². The average molecular weight is 445 g/mol. The SMILES string of the molecule is Cc1ccc(C)c(S(=O)(=O)c2c(OC(C)C)cccc2S(=O)(=O)c2ccccc2)c1. The van der Waals surface area contributed by atoms with Crippen molar-refractivity contribution >= 4 is 19.7 Å². The van der Waals surface area contributed by atoms with Gasteiger partial charge in [0.15, 0.2) is 0 Å². The number of hydrogen-bond donors (Lipinski definition) is 0. The molecule has 0 aliphatic heterocycles. The van der Waals surface area contributed by atoms with Gasteiger partial charge in [-0.3, -0.25) is 0 Å². The Morgan fingerprint density at radius 3 is 2.03 bits per heavy atom. The van der Waals surface area contributed by atoms with Crippen molar-refractivity contribution in [2.45, 2.75) is 53.4 Å². The highest BCUT2D eigenvalue weighted by atomic mass is 32.2. The summed E-state index contributed by atoms with van der Waals surface area (Å²) in [5.41, 5.74) is 1.29.